The van der Waals surface area contributed by atoms with Gasteiger partial charge in [0.25, 0.3) is 0 Å². The topological polar surface area (TPSA) is 69.2 Å². The Labute approximate surface area is 123 Å². The summed E-state index contributed by atoms with van der Waals surface area (Å²) in [5.74, 6) is 0. The number of halogens is 1. The molecule has 8 heteroatoms. The molecule has 0 saturated heterocycles. The Hall–Kier alpha value is 3.58. The van der Waals surface area contributed by atoms with Gasteiger partial charge in [-0.25, -0.2) is 0 Å². The average Bonchev–Trinajstić information content (AvgIpc) is 0.722. The van der Waals surface area contributed by atoms with Crippen LogP contribution in [0.2, 0.25) is 0 Å². The summed E-state index contributed by atoms with van der Waals surface area (Å²) < 4.78 is 0. The van der Waals surface area contributed by atoms with Gasteiger partial charge in [-0.1, -0.05) is 0 Å². The molecule has 0 N–H and O–H groups in total. The van der Waals surface area contributed by atoms with Gasteiger partial charge in [0, 0.05) is 0 Å². The molecule has 0 aliphatic heterocycles. The molecule has 0 aromatic carbocycles. The van der Waals surface area contributed by atoms with E-state index in [0.29, 0.717) is 0 Å². The van der Waals surface area contributed by atoms with Crippen molar-refractivity contribution in [1.29, 1.82) is 0 Å². The van der Waals surface area contributed by atoms with Crippen LogP contribution in [0.4, 0.5) is 0 Å². The van der Waals surface area contributed by atoms with Crippen LogP contribution in [0.15, 0.2) is 0 Å². The smallest absolute Gasteiger partial charge is 0.873 e. The first-order valence-corrected chi connectivity index (χ1v) is 4.78. The molecule has 3 nitrogen and oxygen atoms in total. The zero-order valence-corrected chi connectivity index (χ0v) is 13.7. The minimum Gasteiger partial charge on any atom is -0.873 e. The molecule has 0 amide bonds. The summed E-state index contributed by atoms with van der Waals surface area (Å²) in [4.78, 5) is 27.1. The van der Waals surface area contributed by atoms with Crippen molar-refractivity contribution in [3.05, 3.63) is 0 Å². The number of hydrogen-bond acceptors (Lipinski definition) is 3. The van der Waals surface area contributed by atoms with Crippen molar-refractivity contribution in [3.63, 3.8) is 0 Å². The molecule has 0 radical (unpaired) electrons. The fraction of sp³-hybridized carbons (Fsp3) is 0. The zero-order valence-electron chi connectivity index (χ0n) is 5.10. The molecule has 0 saturated carbocycles. The normalized spacial score (nSPS) is 7.50. The van der Waals surface area contributed by atoms with Crippen LogP contribution >= 0.6 is 15.3 Å². The maximum Gasteiger partial charge on any atom is 1.00 e. The Kier molecular flexibility index (Phi) is 29.8. The number of hydrogen-bond donors (Lipinski definition) is 0. The van der Waals surface area contributed by atoms with Crippen LogP contribution in [0.3, 0.4) is 0 Å². The van der Waals surface area contributed by atoms with Gasteiger partial charge in [-0.15, -0.1) is 0 Å². The molecule has 0 atom stereocenters. The van der Waals surface area contributed by atoms with Crippen LogP contribution in [-0.4, -0.2) is 7.42 Å². The molecule has 32 valence electrons. The Morgan fingerprint density at radius 2 is 0.875 bits per heavy atom. The second-order valence-electron chi connectivity index (χ2n) is 0.481. The molecule has 0 aliphatic carbocycles. The summed E-state index contributed by atoms with van der Waals surface area (Å²) in [5.41, 5.74) is 0. The molecule has 0 rings (SSSR count). The third kappa shape index (κ3) is 55.1. The standard InChI is InChI=1S/BrO3Si.3Na/c1-5(2,3)4;;;/q-3;3*+1. The van der Waals surface area contributed by atoms with Gasteiger partial charge in [0.05, 0.1) is 0 Å². The summed E-state index contributed by atoms with van der Waals surface area (Å²) in [7, 11) is -4.55. The fourth-order valence-electron chi connectivity index (χ4n) is 0. The van der Waals surface area contributed by atoms with E-state index in [1.54, 1.807) is 0 Å². The van der Waals surface area contributed by atoms with E-state index in [4.69, 9.17) is 14.4 Å². The molecular weight excluding hydrogens is 225 g/mol. The van der Waals surface area contributed by atoms with Crippen molar-refractivity contribution in [2.24, 2.45) is 0 Å². The Morgan fingerprint density at radius 1 is 0.875 bits per heavy atom. The second-order valence-corrected chi connectivity index (χ2v) is 4.36. The van der Waals surface area contributed by atoms with Crippen LogP contribution in [0.5, 0.6) is 0 Å². The maximum absolute atomic E-state index is 9.05. The van der Waals surface area contributed by atoms with Gasteiger partial charge in [0.15, 0.2) is 0 Å². The second kappa shape index (κ2) is 10.6. The first-order chi connectivity index (χ1) is 2.00. The Bertz CT molecular complexity index is 30.0. The molecule has 0 bridgehead atoms. The monoisotopic (exact) mass is 224 g/mol. The summed E-state index contributed by atoms with van der Waals surface area (Å²) in [6.07, 6.45) is 0. The predicted molar refractivity (Wildman–Crippen MR) is 14.7 cm³/mol. The van der Waals surface area contributed by atoms with E-state index in [9.17, 15) is 0 Å². The van der Waals surface area contributed by atoms with Gasteiger partial charge < -0.3 is 14.4 Å². The third-order valence-electron chi connectivity index (χ3n) is 0. The minimum atomic E-state index is -4.55. The molecule has 0 heterocycles. The SMILES string of the molecule is [Na+].[Na+].[Na+].[O-][Si]([O-])([O-])Br. The molecule has 0 fully saturated rings. The first-order valence-electron chi connectivity index (χ1n) is 0.801. The quantitative estimate of drug-likeness (QED) is 0.303. The van der Waals surface area contributed by atoms with Crippen molar-refractivity contribution in [1.82, 2.24) is 0 Å². The van der Waals surface area contributed by atoms with Gasteiger partial charge in [-0.05, 0) is 0 Å². The fourth-order valence-corrected chi connectivity index (χ4v) is 0. The summed E-state index contributed by atoms with van der Waals surface area (Å²) in [6, 6.07) is 0. The van der Waals surface area contributed by atoms with Crippen molar-refractivity contribution >= 4 is 22.7 Å². The molecule has 8 heavy (non-hydrogen) atoms. The third-order valence-corrected chi connectivity index (χ3v) is 0. The Balaban J connectivity index is -0.0000000267. The molecule has 0 spiro atoms. The summed E-state index contributed by atoms with van der Waals surface area (Å²) in [5, 5.41) is 0. The maximum atomic E-state index is 9.05. The van der Waals surface area contributed by atoms with Crippen LogP contribution in [0.25, 0.3) is 0 Å². The van der Waals surface area contributed by atoms with Crippen LogP contribution in [0, 0.1) is 0 Å². The minimum absolute atomic E-state index is 0. The molecule has 0 aliphatic rings. The number of rotatable bonds is 0. The summed E-state index contributed by atoms with van der Waals surface area (Å²) >= 11 is 1.85. The van der Waals surface area contributed by atoms with Gasteiger partial charge in [0.1, 0.15) is 0 Å². The zero-order chi connectivity index (χ0) is 4.50. The molecule has 0 aromatic rings. The van der Waals surface area contributed by atoms with Gasteiger partial charge >= 0.3 is 88.7 Å². The van der Waals surface area contributed by atoms with E-state index >= 15 is 0 Å². The van der Waals surface area contributed by atoms with Crippen molar-refractivity contribution in [3.8, 4) is 0 Å². The van der Waals surface area contributed by atoms with E-state index in [1.165, 1.54) is 0 Å². The molecule has 0 aromatic heterocycles. The first kappa shape index (κ1) is 22.6. The van der Waals surface area contributed by atoms with Gasteiger partial charge in [0.2, 0.25) is 0 Å². The summed E-state index contributed by atoms with van der Waals surface area (Å²) in [6.45, 7) is 0. The van der Waals surface area contributed by atoms with E-state index < -0.39 is 7.42 Å². The average molecular weight is 225 g/mol. The van der Waals surface area contributed by atoms with E-state index in [2.05, 4.69) is 0 Å². The molecular formula is BrNa3O3Si. The van der Waals surface area contributed by atoms with Gasteiger partial charge in [-0.2, -0.15) is 22.7 Å². The Morgan fingerprint density at radius 3 is 0.875 bits per heavy atom. The van der Waals surface area contributed by atoms with Crippen LogP contribution in [0.1, 0.15) is 0 Å². The van der Waals surface area contributed by atoms with E-state index in [0.717, 1.165) is 0 Å². The van der Waals surface area contributed by atoms with Crippen LogP contribution < -0.4 is 103 Å². The predicted octanol–water partition coefficient (Wildman–Crippen LogP) is -12.1. The molecule has 0 unspecified atom stereocenters. The van der Waals surface area contributed by atoms with Crippen molar-refractivity contribution < 1.29 is 103 Å². The van der Waals surface area contributed by atoms with Crippen molar-refractivity contribution in [2.75, 3.05) is 0 Å². The largest absolute Gasteiger partial charge is 1.00 e. The van der Waals surface area contributed by atoms with Crippen molar-refractivity contribution in [2.45, 2.75) is 0 Å². The van der Waals surface area contributed by atoms with E-state index in [1.807, 2.05) is 15.3 Å². The van der Waals surface area contributed by atoms with E-state index in [-0.39, 0.29) is 88.7 Å². The van der Waals surface area contributed by atoms with Gasteiger partial charge in [-0.3, -0.25) is 0 Å². The van der Waals surface area contributed by atoms with Crippen LogP contribution in [-0.2, 0) is 0 Å².